The van der Waals surface area contributed by atoms with Gasteiger partial charge in [0.05, 0.1) is 24.5 Å². The van der Waals surface area contributed by atoms with E-state index in [-0.39, 0.29) is 24.1 Å². The van der Waals surface area contributed by atoms with Gasteiger partial charge in [0, 0.05) is 22.5 Å². The van der Waals surface area contributed by atoms with Crippen molar-refractivity contribution in [3.05, 3.63) is 40.4 Å². The van der Waals surface area contributed by atoms with Crippen LogP contribution in [0, 0.1) is 0 Å². The molecule has 3 rings (SSSR count). The van der Waals surface area contributed by atoms with Crippen LogP contribution in [0.15, 0.2) is 34.8 Å². The van der Waals surface area contributed by atoms with Crippen molar-refractivity contribution in [2.24, 2.45) is 0 Å². The Morgan fingerprint density at radius 1 is 1.23 bits per heavy atom. The van der Waals surface area contributed by atoms with Gasteiger partial charge in [0.25, 0.3) is 0 Å². The molecule has 0 aliphatic heterocycles. The summed E-state index contributed by atoms with van der Waals surface area (Å²) in [6.07, 6.45) is 0.0854. The Labute approximate surface area is 187 Å². The summed E-state index contributed by atoms with van der Waals surface area (Å²) in [5.74, 6) is 0.328. The summed E-state index contributed by atoms with van der Waals surface area (Å²) in [6, 6.07) is 7.37. The zero-order valence-corrected chi connectivity index (χ0v) is 18.8. The van der Waals surface area contributed by atoms with Crippen LogP contribution >= 0.6 is 34.7 Å². The van der Waals surface area contributed by atoms with Crippen LogP contribution in [0.4, 0.5) is 5.13 Å². The maximum atomic E-state index is 12.3. The summed E-state index contributed by atoms with van der Waals surface area (Å²) >= 11 is 8.51. The summed E-state index contributed by atoms with van der Waals surface area (Å²) in [6.45, 7) is 4.73. The van der Waals surface area contributed by atoms with Gasteiger partial charge >= 0.3 is 5.97 Å². The molecule has 11 heteroatoms. The van der Waals surface area contributed by atoms with Crippen LogP contribution in [-0.4, -0.2) is 44.0 Å². The van der Waals surface area contributed by atoms with E-state index in [0.29, 0.717) is 34.2 Å². The molecule has 0 aliphatic rings. The second-order valence-corrected chi connectivity index (χ2v) is 8.26. The van der Waals surface area contributed by atoms with Crippen molar-refractivity contribution in [3.63, 3.8) is 0 Å². The molecule has 0 radical (unpaired) electrons. The summed E-state index contributed by atoms with van der Waals surface area (Å²) in [5.41, 5.74) is 1.47. The number of amides is 1. The number of carbonyl (C=O) groups is 2. The number of benzene rings is 1. The Kier molecular flexibility index (Phi) is 7.83. The van der Waals surface area contributed by atoms with E-state index in [1.807, 2.05) is 23.6 Å². The number of anilines is 1. The monoisotopic (exact) mass is 465 g/mol. The van der Waals surface area contributed by atoms with Gasteiger partial charge in [-0.25, -0.2) is 4.98 Å². The first kappa shape index (κ1) is 22.3. The SMILES string of the molecule is CCOC(=O)Cc1csc(NC(=O)CSc2nnc(-c3ccc(Cl)cc3)n2CC)n1. The molecule has 30 heavy (non-hydrogen) atoms. The summed E-state index contributed by atoms with van der Waals surface area (Å²) < 4.78 is 6.84. The molecule has 0 fully saturated rings. The fraction of sp³-hybridized carbons (Fsp3) is 0.316. The molecule has 0 spiro atoms. The van der Waals surface area contributed by atoms with Crippen LogP contribution < -0.4 is 5.32 Å². The molecule has 2 heterocycles. The smallest absolute Gasteiger partial charge is 0.311 e. The standard InChI is InChI=1S/C19H20ClN5O3S2/c1-3-25-17(12-5-7-13(20)8-6-12)23-24-19(25)30-11-15(26)22-18-21-14(10-29-18)9-16(27)28-4-2/h5-8,10H,3-4,9,11H2,1-2H3,(H,21,22,26). The van der Waals surface area contributed by atoms with E-state index < -0.39 is 0 Å². The first-order chi connectivity index (χ1) is 14.5. The molecule has 0 saturated heterocycles. The highest BCUT2D eigenvalue weighted by atomic mass is 35.5. The van der Waals surface area contributed by atoms with Crippen molar-refractivity contribution in [2.75, 3.05) is 17.7 Å². The fourth-order valence-corrected chi connectivity index (χ4v) is 4.24. The minimum absolute atomic E-state index is 0.0854. The van der Waals surface area contributed by atoms with Gasteiger partial charge in [-0.05, 0) is 38.1 Å². The van der Waals surface area contributed by atoms with Gasteiger partial charge in [0.1, 0.15) is 0 Å². The van der Waals surface area contributed by atoms with Gasteiger partial charge in [-0.2, -0.15) is 0 Å². The first-order valence-electron chi connectivity index (χ1n) is 9.22. The van der Waals surface area contributed by atoms with Gasteiger partial charge in [0.2, 0.25) is 5.91 Å². The van der Waals surface area contributed by atoms with Gasteiger partial charge < -0.3 is 14.6 Å². The minimum atomic E-state index is -0.341. The number of hydrogen-bond donors (Lipinski definition) is 1. The lowest BCUT2D eigenvalue weighted by Crippen LogP contribution is -2.15. The number of rotatable bonds is 9. The normalized spacial score (nSPS) is 10.8. The fourth-order valence-electron chi connectivity index (χ4n) is 2.58. The van der Waals surface area contributed by atoms with E-state index >= 15 is 0 Å². The Morgan fingerprint density at radius 2 is 2.00 bits per heavy atom. The van der Waals surface area contributed by atoms with Crippen LogP contribution in [0.5, 0.6) is 0 Å². The third kappa shape index (κ3) is 5.80. The predicted molar refractivity (Wildman–Crippen MR) is 118 cm³/mol. The summed E-state index contributed by atoms with van der Waals surface area (Å²) in [7, 11) is 0. The lowest BCUT2D eigenvalue weighted by atomic mass is 10.2. The Morgan fingerprint density at radius 3 is 2.70 bits per heavy atom. The molecule has 1 aromatic carbocycles. The molecule has 0 saturated carbocycles. The zero-order chi connectivity index (χ0) is 21.5. The number of nitrogens with zero attached hydrogens (tertiary/aromatic N) is 4. The van der Waals surface area contributed by atoms with E-state index in [0.717, 1.165) is 11.4 Å². The number of carbonyl (C=O) groups excluding carboxylic acids is 2. The average molecular weight is 466 g/mol. The second kappa shape index (κ2) is 10.6. The largest absolute Gasteiger partial charge is 0.466 e. The topological polar surface area (TPSA) is 99.0 Å². The number of esters is 1. The average Bonchev–Trinajstić information content (AvgIpc) is 3.33. The highest BCUT2D eigenvalue weighted by molar-refractivity contribution is 7.99. The van der Waals surface area contributed by atoms with E-state index in [9.17, 15) is 9.59 Å². The Bertz CT molecular complexity index is 1020. The summed E-state index contributed by atoms with van der Waals surface area (Å²) in [4.78, 5) is 28.1. The zero-order valence-electron chi connectivity index (χ0n) is 16.4. The second-order valence-electron chi connectivity index (χ2n) is 6.02. The highest BCUT2D eigenvalue weighted by Gasteiger charge is 2.16. The number of thiazole rings is 1. The highest BCUT2D eigenvalue weighted by Crippen LogP contribution is 2.25. The quantitative estimate of drug-likeness (QED) is 0.377. The first-order valence-corrected chi connectivity index (χ1v) is 11.5. The molecule has 0 bridgehead atoms. The molecule has 3 aromatic rings. The Balaban J connectivity index is 1.58. The number of aromatic nitrogens is 4. The van der Waals surface area contributed by atoms with Crippen LogP contribution in [-0.2, 0) is 27.3 Å². The van der Waals surface area contributed by atoms with E-state index in [4.69, 9.17) is 16.3 Å². The maximum absolute atomic E-state index is 12.3. The molecule has 1 amide bonds. The molecule has 0 aliphatic carbocycles. The molecule has 1 N–H and O–H groups in total. The molecule has 0 atom stereocenters. The molecule has 8 nitrogen and oxygen atoms in total. The van der Waals surface area contributed by atoms with Gasteiger partial charge in [-0.3, -0.25) is 9.59 Å². The minimum Gasteiger partial charge on any atom is -0.466 e. The van der Waals surface area contributed by atoms with Gasteiger partial charge in [0.15, 0.2) is 16.1 Å². The lowest BCUT2D eigenvalue weighted by molar-refractivity contribution is -0.142. The molecule has 2 aromatic heterocycles. The van der Waals surface area contributed by atoms with Crippen LogP contribution in [0.1, 0.15) is 19.5 Å². The third-order valence-corrected chi connectivity index (χ3v) is 5.92. The van der Waals surface area contributed by atoms with Gasteiger partial charge in [-0.15, -0.1) is 21.5 Å². The van der Waals surface area contributed by atoms with Crippen LogP contribution in [0.2, 0.25) is 5.02 Å². The number of nitrogens with one attached hydrogen (secondary N) is 1. The molecule has 158 valence electrons. The van der Waals surface area contributed by atoms with Crippen molar-refractivity contribution in [1.82, 2.24) is 19.7 Å². The lowest BCUT2D eigenvalue weighted by Gasteiger charge is -2.07. The van der Waals surface area contributed by atoms with Crippen molar-refractivity contribution in [3.8, 4) is 11.4 Å². The molecular weight excluding hydrogens is 446 g/mol. The number of ether oxygens (including phenoxy) is 1. The van der Waals surface area contributed by atoms with Crippen molar-refractivity contribution >= 4 is 51.7 Å². The van der Waals surface area contributed by atoms with Crippen molar-refractivity contribution in [1.29, 1.82) is 0 Å². The van der Waals surface area contributed by atoms with Crippen LogP contribution in [0.3, 0.4) is 0 Å². The molecular formula is C19H20ClN5O3S2. The third-order valence-electron chi connectivity index (χ3n) is 3.90. The summed E-state index contributed by atoms with van der Waals surface area (Å²) in [5, 5.41) is 14.7. The predicted octanol–water partition coefficient (Wildman–Crippen LogP) is 3.91. The number of thioether (sulfide) groups is 1. The maximum Gasteiger partial charge on any atom is 0.311 e. The van der Waals surface area contributed by atoms with E-state index in [1.165, 1.54) is 23.1 Å². The van der Waals surface area contributed by atoms with Crippen molar-refractivity contribution in [2.45, 2.75) is 32.0 Å². The number of hydrogen-bond acceptors (Lipinski definition) is 8. The van der Waals surface area contributed by atoms with Crippen molar-refractivity contribution < 1.29 is 14.3 Å². The van der Waals surface area contributed by atoms with Crippen LogP contribution in [0.25, 0.3) is 11.4 Å². The van der Waals surface area contributed by atoms with E-state index in [1.54, 1.807) is 24.4 Å². The van der Waals surface area contributed by atoms with Gasteiger partial charge in [-0.1, -0.05) is 23.4 Å². The Hall–Kier alpha value is -2.43. The van der Waals surface area contributed by atoms with E-state index in [2.05, 4.69) is 20.5 Å². The molecule has 0 unspecified atom stereocenters. The number of halogens is 1.